The average Bonchev–Trinajstić information content (AvgIpc) is 4.03. The number of carbonyl (C=O) groups is 4. The molecule has 0 radical (unpaired) electrons. The van der Waals surface area contributed by atoms with Crippen LogP contribution in [0.15, 0.2) is 131 Å². The van der Waals surface area contributed by atoms with Gasteiger partial charge in [0.05, 0.1) is 44.8 Å². The normalized spacial score (nSPS) is 29.1. The first-order valence-electron chi connectivity index (χ1n) is 17.8. The van der Waals surface area contributed by atoms with Crippen molar-refractivity contribution in [1.29, 1.82) is 0 Å². The molecule has 0 N–H and O–H groups in total. The molecule has 2 saturated heterocycles. The molecule has 2 heterocycles. The van der Waals surface area contributed by atoms with Crippen molar-refractivity contribution in [3.63, 3.8) is 0 Å². The summed E-state index contributed by atoms with van der Waals surface area (Å²) in [6, 6.07) is 25.6. The van der Waals surface area contributed by atoms with Crippen molar-refractivity contribution >= 4 is 44.8 Å². The topological polar surface area (TPSA) is 127 Å². The molecule has 8 atom stereocenters. The van der Waals surface area contributed by atoms with E-state index in [1.54, 1.807) is 72.8 Å². The first-order chi connectivity index (χ1) is 25.7. The number of ether oxygens (including phenoxy) is 2. The van der Waals surface area contributed by atoms with E-state index in [4.69, 9.17) is 9.47 Å². The lowest BCUT2D eigenvalue weighted by molar-refractivity contribution is -0.124. The molecule has 4 fully saturated rings. The Bertz CT molecular complexity index is 2160. The molecule has 264 valence electrons. The van der Waals surface area contributed by atoms with Crippen LogP contribution in [0.4, 0.5) is 11.4 Å². The average molecular weight is 725 g/mol. The molecule has 4 aliphatic carbocycles. The minimum absolute atomic E-state index is 0.0865. The number of fused-ring (bicyclic) bond motifs is 10. The van der Waals surface area contributed by atoms with E-state index in [0.29, 0.717) is 34.4 Å². The fourth-order valence-electron chi connectivity index (χ4n) is 9.42. The number of carbonyl (C=O) groups excluding carboxylic acids is 4. The van der Waals surface area contributed by atoms with Gasteiger partial charge in [0, 0.05) is 0 Å². The third-order valence-corrected chi connectivity index (χ3v) is 13.7. The number of amides is 4. The summed E-state index contributed by atoms with van der Waals surface area (Å²) < 4.78 is 38.7. The number of sulfone groups is 1. The quantitative estimate of drug-likeness (QED) is 0.145. The lowest BCUT2D eigenvalue weighted by Crippen LogP contribution is -2.32. The van der Waals surface area contributed by atoms with Gasteiger partial charge in [0.2, 0.25) is 33.5 Å². The smallest absolute Gasteiger partial charge is 0.238 e. The van der Waals surface area contributed by atoms with E-state index in [9.17, 15) is 27.6 Å². The fraction of sp³-hybridized carbons (Fsp3) is 0.238. The Hall–Kier alpha value is -5.81. The minimum Gasteiger partial charge on any atom is -0.457 e. The Kier molecular flexibility index (Phi) is 6.98. The van der Waals surface area contributed by atoms with Gasteiger partial charge in [-0.3, -0.25) is 29.0 Å². The van der Waals surface area contributed by atoms with Crippen LogP contribution in [0.2, 0.25) is 0 Å². The van der Waals surface area contributed by atoms with Crippen molar-refractivity contribution in [2.45, 2.75) is 22.6 Å². The first-order valence-corrected chi connectivity index (χ1v) is 19.3. The first kappa shape index (κ1) is 31.9. The van der Waals surface area contributed by atoms with E-state index in [1.807, 2.05) is 0 Å². The third kappa shape index (κ3) is 4.86. The van der Waals surface area contributed by atoms with Gasteiger partial charge in [0.15, 0.2) is 0 Å². The second kappa shape index (κ2) is 11.6. The zero-order valence-electron chi connectivity index (χ0n) is 28.1. The van der Waals surface area contributed by atoms with Gasteiger partial charge < -0.3 is 9.47 Å². The molecule has 0 aromatic heterocycles. The Morgan fingerprint density at radius 3 is 0.962 bits per heavy atom. The number of anilines is 2. The zero-order chi connectivity index (χ0) is 36.2. The summed E-state index contributed by atoms with van der Waals surface area (Å²) in [5.74, 6) is 0.706. The van der Waals surface area contributed by atoms with Gasteiger partial charge in [0.25, 0.3) is 0 Å². The fourth-order valence-corrected chi connectivity index (χ4v) is 10.7. The number of rotatable bonds is 8. The van der Waals surface area contributed by atoms with E-state index < -0.39 is 9.84 Å². The van der Waals surface area contributed by atoms with Gasteiger partial charge in [0.1, 0.15) is 23.0 Å². The standard InChI is InChI=1S/C42H32N2O8S/c45-39-35-23-1-2-24(21-23)36(35)40(46)43(39)27-5-9-29(10-6-27)51-31-13-17-33(18-14-31)53(49,50)34-19-15-32(16-20-34)52-30-11-7-28(8-12-30)44-41(47)37-25-3-4-26(22-25)38(37)42(44)48/h1-20,23-26,35-38H,21-22H2/t23-,24-,25-,26-,35-,36-,37-,38+/m0/s1. The van der Waals surface area contributed by atoms with Crippen LogP contribution in [0.25, 0.3) is 0 Å². The highest BCUT2D eigenvalue weighted by Crippen LogP contribution is 2.54. The van der Waals surface area contributed by atoms with Gasteiger partial charge >= 0.3 is 0 Å². The van der Waals surface area contributed by atoms with Crippen molar-refractivity contribution in [1.82, 2.24) is 0 Å². The molecule has 11 heteroatoms. The number of allylic oxidation sites excluding steroid dienone is 4. The van der Waals surface area contributed by atoms with E-state index in [2.05, 4.69) is 24.3 Å². The summed E-state index contributed by atoms with van der Waals surface area (Å²) >= 11 is 0. The van der Waals surface area contributed by atoms with Crippen LogP contribution in [0.3, 0.4) is 0 Å². The number of imide groups is 2. The lowest BCUT2D eigenvalue weighted by atomic mass is 9.85. The second-order valence-electron chi connectivity index (χ2n) is 14.7. The molecule has 4 amide bonds. The molecule has 10 rings (SSSR count). The van der Waals surface area contributed by atoms with Crippen molar-refractivity contribution in [2.24, 2.45) is 47.3 Å². The largest absolute Gasteiger partial charge is 0.457 e. The van der Waals surface area contributed by atoms with Gasteiger partial charge in [-0.1, -0.05) is 24.3 Å². The predicted octanol–water partition coefficient (Wildman–Crippen LogP) is 6.73. The monoisotopic (exact) mass is 724 g/mol. The summed E-state index contributed by atoms with van der Waals surface area (Å²) in [5, 5.41) is 0. The SMILES string of the molecule is O=C1[C@@H]2[C@@H](C(=O)N1c1ccc(Oc3ccc(S(=O)(=O)c4ccc(Oc5ccc(N6C(=O)[C@@H]7[C@H](C6=O)[C@H]6C=C[C@H]7C6)cc5)cc4)cc3)cc1)[C@H]1C=C[C@H]2C1. The molecule has 0 unspecified atom stereocenters. The van der Waals surface area contributed by atoms with Crippen LogP contribution >= 0.6 is 0 Å². The van der Waals surface area contributed by atoms with Crippen LogP contribution in [-0.2, 0) is 29.0 Å². The van der Waals surface area contributed by atoms with E-state index >= 15 is 0 Å². The highest BCUT2D eigenvalue weighted by molar-refractivity contribution is 7.91. The molecule has 4 bridgehead atoms. The van der Waals surface area contributed by atoms with E-state index in [-0.39, 0.29) is 80.8 Å². The van der Waals surface area contributed by atoms with Crippen molar-refractivity contribution < 1.29 is 37.1 Å². The maximum atomic E-state index is 13.4. The van der Waals surface area contributed by atoms with Crippen LogP contribution < -0.4 is 19.3 Å². The van der Waals surface area contributed by atoms with Crippen LogP contribution in [0, 0.1) is 47.3 Å². The van der Waals surface area contributed by atoms with Gasteiger partial charge in [-0.2, -0.15) is 0 Å². The van der Waals surface area contributed by atoms with E-state index in [1.165, 1.54) is 34.1 Å². The van der Waals surface area contributed by atoms with Crippen molar-refractivity contribution in [3.8, 4) is 23.0 Å². The summed E-state index contributed by atoms with van der Waals surface area (Å²) in [4.78, 5) is 55.3. The summed E-state index contributed by atoms with van der Waals surface area (Å²) in [7, 11) is -3.85. The molecule has 6 aliphatic rings. The Morgan fingerprint density at radius 1 is 0.415 bits per heavy atom. The van der Waals surface area contributed by atoms with Gasteiger partial charge in [-0.05, 0) is 134 Å². The number of nitrogens with zero attached hydrogens (tertiary/aromatic N) is 2. The van der Waals surface area contributed by atoms with Crippen molar-refractivity contribution in [2.75, 3.05) is 9.80 Å². The Morgan fingerprint density at radius 2 is 0.679 bits per heavy atom. The predicted molar refractivity (Wildman–Crippen MR) is 192 cm³/mol. The third-order valence-electron chi connectivity index (χ3n) is 11.9. The van der Waals surface area contributed by atoms with Crippen LogP contribution in [0.1, 0.15) is 12.8 Å². The molecule has 53 heavy (non-hydrogen) atoms. The molecule has 4 aromatic carbocycles. The molecule has 2 saturated carbocycles. The van der Waals surface area contributed by atoms with Gasteiger partial charge in [-0.15, -0.1) is 0 Å². The van der Waals surface area contributed by atoms with Crippen LogP contribution in [-0.4, -0.2) is 32.0 Å². The highest BCUT2D eigenvalue weighted by atomic mass is 32.2. The molecule has 10 nitrogen and oxygen atoms in total. The maximum Gasteiger partial charge on any atom is 0.238 e. The molecular formula is C42H32N2O8S. The summed E-state index contributed by atoms with van der Waals surface area (Å²) in [6.45, 7) is 0. The summed E-state index contributed by atoms with van der Waals surface area (Å²) in [5.41, 5.74) is 1.02. The molecular weight excluding hydrogens is 693 g/mol. The molecule has 4 aromatic rings. The molecule has 0 spiro atoms. The highest BCUT2D eigenvalue weighted by Gasteiger charge is 2.60. The maximum absolute atomic E-state index is 13.4. The second-order valence-corrected chi connectivity index (χ2v) is 16.6. The van der Waals surface area contributed by atoms with E-state index in [0.717, 1.165) is 12.8 Å². The lowest BCUT2D eigenvalue weighted by Gasteiger charge is -2.17. The molecule has 2 aliphatic heterocycles. The zero-order valence-corrected chi connectivity index (χ0v) is 29.0. The Labute approximate surface area is 305 Å². The number of hydrogen-bond donors (Lipinski definition) is 0. The van der Waals surface area contributed by atoms with Gasteiger partial charge in [-0.25, -0.2) is 8.42 Å². The van der Waals surface area contributed by atoms with Crippen molar-refractivity contribution in [3.05, 3.63) is 121 Å². The minimum atomic E-state index is -3.85. The summed E-state index contributed by atoms with van der Waals surface area (Å²) in [6.07, 6.45) is 10.0. The number of hydrogen-bond acceptors (Lipinski definition) is 8. The number of benzene rings is 4. The Balaban J connectivity index is 0.770. The van der Waals surface area contributed by atoms with Crippen LogP contribution in [0.5, 0.6) is 23.0 Å².